The van der Waals surface area contributed by atoms with Gasteiger partial charge in [0, 0.05) is 6.42 Å². The maximum atomic E-state index is 11.9. The number of Topliss-reactive ketones (excluding diaryl/α,β-unsaturated/α-hetero) is 2. The standard InChI is InChI=1S/C24H44O8/c1-2-3-4-5-6-7-8-9-10-11-12-13-14-15-16-17-18(25)19(26)20(27)21(28)22(29)23(30)24(31)32/h20-23,27-30H,2-17H2,1H3,(H,31,32)/t20-,21+,22-,23-/m0/s1. The molecule has 0 fully saturated rings. The molecule has 8 nitrogen and oxygen atoms in total. The van der Waals surface area contributed by atoms with Gasteiger partial charge in [0.2, 0.25) is 11.6 Å². The third kappa shape index (κ3) is 13.9. The second-order valence-electron chi connectivity index (χ2n) is 8.70. The van der Waals surface area contributed by atoms with Gasteiger partial charge in [-0.1, -0.05) is 96.8 Å². The van der Waals surface area contributed by atoms with E-state index in [0.29, 0.717) is 6.42 Å². The van der Waals surface area contributed by atoms with Gasteiger partial charge >= 0.3 is 5.97 Å². The molecule has 0 radical (unpaired) electrons. The fourth-order valence-electron chi connectivity index (χ4n) is 3.62. The zero-order valence-electron chi connectivity index (χ0n) is 19.6. The molecule has 0 spiro atoms. The first-order valence-electron chi connectivity index (χ1n) is 12.3. The van der Waals surface area contributed by atoms with Crippen LogP contribution in [-0.2, 0) is 14.4 Å². The number of carbonyl (C=O) groups is 3. The van der Waals surface area contributed by atoms with Gasteiger partial charge in [-0.3, -0.25) is 9.59 Å². The SMILES string of the molecule is CCCCCCCCCCCCCCCCCC(=O)C(=O)[C@H](O)[C@@H](O)[C@H](O)[C@H](O)C(=O)O. The second kappa shape index (κ2) is 19.1. The van der Waals surface area contributed by atoms with E-state index in [1.807, 2.05) is 0 Å². The summed E-state index contributed by atoms with van der Waals surface area (Å²) in [7, 11) is 0. The highest BCUT2D eigenvalue weighted by atomic mass is 16.4. The van der Waals surface area contributed by atoms with Crippen LogP contribution in [0.4, 0.5) is 0 Å². The molecular formula is C24H44O8. The highest BCUT2D eigenvalue weighted by molar-refractivity contribution is 6.38. The lowest BCUT2D eigenvalue weighted by atomic mass is 9.96. The Kier molecular flexibility index (Phi) is 18.3. The van der Waals surface area contributed by atoms with Crippen LogP contribution in [0.2, 0.25) is 0 Å². The van der Waals surface area contributed by atoms with Crippen LogP contribution < -0.4 is 0 Å². The van der Waals surface area contributed by atoms with E-state index in [9.17, 15) is 29.7 Å². The minimum atomic E-state index is -2.38. The summed E-state index contributed by atoms with van der Waals surface area (Å²) in [5, 5.41) is 46.5. The van der Waals surface area contributed by atoms with Gasteiger partial charge in [-0.25, -0.2) is 4.79 Å². The van der Waals surface area contributed by atoms with Gasteiger partial charge in [-0.05, 0) is 6.42 Å². The zero-order valence-corrected chi connectivity index (χ0v) is 19.6. The molecule has 0 aliphatic heterocycles. The number of aliphatic hydroxyl groups excluding tert-OH is 4. The Balaban J connectivity index is 3.74. The Morgan fingerprint density at radius 1 is 0.562 bits per heavy atom. The van der Waals surface area contributed by atoms with Crippen molar-refractivity contribution in [2.45, 2.75) is 134 Å². The van der Waals surface area contributed by atoms with Crippen molar-refractivity contribution in [2.75, 3.05) is 0 Å². The molecule has 0 saturated carbocycles. The molecule has 0 aliphatic carbocycles. The van der Waals surface area contributed by atoms with Crippen LogP contribution in [0.1, 0.15) is 110 Å². The summed E-state index contributed by atoms with van der Waals surface area (Å²) in [6.07, 6.45) is 8.24. The van der Waals surface area contributed by atoms with Gasteiger partial charge in [-0.2, -0.15) is 0 Å². The van der Waals surface area contributed by atoms with Crippen molar-refractivity contribution in [1.82, 2.24) is 0 Å². The van der Waals surface area contributed by atoms with Crippen LogP contribution in [-0.4, -0.2) is 67.5 Å². The molecule has 0 amide bonds. The predicted octanol–water partition coefficient (Wildman–Crippen LogP) is 2.91. The van der Waals surface area contributed by atoms with Crippen LogP contribution in [0.5, 0.6) is 0 Å². The number of hydrogen-bond acceptors (Lipinski definition) is 7. The lowest BCUT2D eigenvalue weighted by Gasteiger charge is -2.23. The second-order valence-corrected chi connectivity index (χ2v) is 8.70. The van der Waals surface area contributed by atoms with E-state index in [1.165, 1.54) is 64.2 Å². The van der Waals surface area contributed by atoms with E-state index in [-0.39, 0.29) is 6.42 Å². The molecule has 188 valence electrons. The maximum absolute atomic E-state index is 11.9. The number of carboxylic acid groups (broad SMARTS) is 1. The molecule has 0 heterocycles. The molecule has 0 bridgehead atoms. The average Bonchev–Trinajstić information content (AvgIpc) is 2.78. The molecule has 0 aliphatic rings. The Labute approximate surface area is 192 Å². The van der Waals surface area contributed by atoms with Crippen LogP contribution in [0.15, 0.2) is 0 Å². The third-order valence-electron chi connectivity index (χ3n) is 5.80. The first-order chi connectivity index (χ1) is 15.2. The average molecular weight is 461 g/mol. The number of ketones is 2. The molecule has 0 unspecified atom stereocenters. The number of hydrogen-bond donors (Lipinski definition) is 5. The zero-order chi connectivity index (χ0) is 24.4. The van der Waals surface area contributed by atoms with E-state index in [4.69, 9.17) is 10.2 Å². The highest BCUT2D eigenvalue weighted by Crippen LogP contribution is 2.14. The highest BCUT2D eigenvalue weighted by Gasteiger charge is 2.38. The number of aliphatic hydroxyl groups is 4. The number of unbranched alkanes of at least 4 members (excludes halogenated alkanes) is 14. The van der Waals surface area contributed by atoms with Crippen molar-refractivity contribution in [3.8, 4) is 0 Å². The van der Waals surface area contributed by atoms with Crippen molar-refractivity contribution in [3.05, 3.63) is 0 Å². The summed E-state index contributed by atoms with van der Waals surface area (Å²) < 4.78 is 0. The minimum absolute atomic E-state index is 0.0849. The molecule has 0 saturated heterocycles. The summed E-state index contributed by atoms with van der Waals surface area (Å²) in [5.74, 6) is -4.00. The van der Waals surface area contributed by atoms with Gasteiger partial charge in [0.25, 0.3) is 0 Å². The third-order valence-corrected chi connectivity index (χ3v) is 5.80. The van der Waals surface area contributed by atoms with Gasteiger partial charge < -0.3 is 25.5 Å². The van der Waals surface area contributed by atoms with Gasteiger partial charge in [0.15, 0.2) is 6.10 Å². The summed E-state index contributed by atoms with van der Waals surface area (Å²) in [4.78, 5) is 34.3. The largest absolute Gasteiger partial charge is 0.479 e. The Morgan fingerprint density at radius 3 is 1.28 bits per heavy atom. The van der Waals surface area contributed by atoms with Crippen LogP contribution in [0, 0.1) is 0 Å². The number of aliphatic carboxylic acids is 1. The lowest BCUT2D eigenvalue weighted by molar-refractivity contribution is -0.166. The fraction of sp³-hybridized carbons (Fsp3) is 0.875. The first kappa shape index (κ1) is 30.6. The normalized spacial score (nSPS) is 15.2. The molecule has 8 heteroatoms. The summed E-state index contributed by atoms with van der Waals surface area (Å²) in [6, 6.07) is 0. The van der Waals surface area contributed by atoms with E-state index >= 15 is 0 Å². The van der Waals surface area contributed by atoms with E-state index in [2.05, 4.69) is 6.92 Å². The quantitative estimate of drug-likeness (QED) is 0.122. The predicted molar refractivity (Wildman–Crippen MR) is 121 cm³/mol. The number of carbonyl (C=O) groups excluding carboxylic acids is 2. The molecule has 0 aromatic carbocycles. The van der Waals surface area contributed by atoms with Crippen molar-refractivity contribution in [3.63, 3.8) is 0 Å². The Hall–Kier alpha value is -1.35. The molecular weight excluding hydrogens is 416 g/mol. The van der Waals surface area contributed by atoms with Crippen molar-refractivity contribution in [2.24, 2.45) is 0 Å². The smallest absolute Gasteiger partial charge is 0.335 e. The Morgan fingerprint density at radius 2 is 0.906 bits per heavy atom. The van der Waals surface area contributed by atoms with Crippen molar-refractivity contribution >= 4 is 17.5 Å². The fourth-order valence-corrected chi connectivity index (χ4v) is 3.62. The number of rotatable bonds is 22. The van der Waals surface area contributed by atoms with Crippen molar-refractivity contribution in [1.29, 1.82) is 0 Å². The molecule has 0 rings (SSSR count). The summed E-state index contributed by atoms with van der Waals surface area (Å²) in [5.41, 5.74) is 0. The molecule has 5 N–H and O–H groups in total. The van der Waals surface area contributed by atoms with Crippen molar-refractivity contribution < 1.29 is 39.9 Å². The minimum Gasteiger partial charge on any atom is -0.479 e. The summed E-state index contributed by atoms with van der Waals surface area (Å²) >= 11 is 0. The van der Waals surface area contributed by atoms with Crippen LogP contribution in [0.25, 0.3) is 0 Å². The van der Waals surface area contributed by atoms with Crippen LogP contribution in [0.3, 0.4) is 0 Å². The van der Waals surface area contributed by atoms with Gasteiger partial charge in [-0.15, -0.1) is 0 Å². The van der Waals surface area contributed by atoms with E-state index < -0.39 is 42.0 Å². The number of carboxylic acids is 1. The lowest BCUT2D eigenvalue weighted by Crippen LogP contribution is -2.51. The van der Waals surface area contributed by atoms with Gasteiger partial charge in [0.1, 0.15) is 18.3 Å². The van der Waals surface area contributed by atoms with Gasteiger partial charge in [0.05, 0.1) is 0 Å². The summed E-state index contributed by atoms with van der Waals surface area (Å²) in [6.45, 7) is 2.23. The first-order valence-corrected chi connectivity index (χ1v) is 12.3. The van der Waals surface area contributed by atoms with E-state index in [0.717, 1.165) is 25.7 Å². The maximum Gasteiger partial charge on any atom is 0.335 e. The van der Waals surface area contributed by atoms with E-state index in [1.54, 1.807) is 0 Å². The molecule has 0 aromatic rings. The van der Waals surface area contributed by atoms with Crippen LogP contribution >= 0.6 is 0 Å². The topological polar surface area (TPSA) is 152 Å². The molecule has 4 atom stereocenters. The Bertz CT molecular complexity index is 522. The molecule has 0 aromatic heterocycles. The monoisotopic (exact) mass is 460 g/mol. The molecule has 32 heavy (non-hydrogen) atoms.